The Morgan fingerprint density at radius 2 is 1.87 bits per heavy atom. The third-order valence-corrected chi connectivity index (χ3v) is 3.53. The summed E-state index contributed by atoms with van der Waals surface area (Å²) in [6, 6.07) is 15.1. The Morgan fingerprint density at radius 3 is 2.61 bits per heavy atom. The molecule has 0 heterocycles. The first-order chi connectivity index (χ1) is 11.2. The zero-order valence-corrected chi connectivity index (χ0v) is 13.9. The van der Waals surface area contributed by atoms with Crippen molar-refractivity contribution in [2.75, 3.05) is 20.1 Å². The van der Waals surface area contributed by atoms with Crippen molar-refractivity contribution < 1.29 is 9.53 Å². The summed E-state index contributed by atoms with van der Waals surface area (Å²) >= 11 is 5.86. The van der Waals surface area contributed by atoms with Gasteiger partial charge in [-0.05, 0) is 42.4 Å². The summed E-state index contributed by atoms with van der Waals surface area (Å²) in [7, 11) is 1.85. The number of ether oxygens (including phenoxy) is 1. The predicted molar refractivity (Wildman–Crippen MR) is 92.9 cm³/mol. The molecule has 2 N–H and O–H groups in total. The molecule has 0 bridgehead atoms. The summed E-state index contributed by atoms with van der Waals surface area (Å²) < 4.78 is 5.77. The van der Waals surface area contributed by atoms with E-state index in [0.29, 0.717) is 24.6 Å². The molecule has 122 valence electrons. The zero-order chi connectivity index (χ0) is 16.5. The maximum Gasteiger partial charge on any atom is 0.224 e. The number of carbonyl (C=O) groups excluding carboxylic acids is 1. The third-order valence-electron chi connectivity index (χ3n) is 3.28. The standard InChI is InChI=1S/C18H21ClN2O2/c1-20-9-10-21-18(22)12-15-3-2-4-17(11-15)23-13-14-5-7-16(19)8-6-14/h2-8,11,20H,9-10,12-13H2,1H3,(H,21,22). The van der Waals surface area contributed by atoms with Crippen molar-refractivity contribution in [2.24, 2.45) is 0 Å². The van der Waals surface area contributed by atoms with E-state index in [1.165, 1.54) is 0 Å². The Hall–Kier alpha value is -2.04. The fourth-order valence-electron chi connectivity index (χ4n) is 2.07. The van der Waals surface area contributed by atoms with Gasteiger partial charge in [0.2, 0.25) is 5.91 Å². The number of hydrogen-bond acceptors (Lipinski definition) is 3. The molecule has 2 aromatic carbocycles. The minimum Gasteiger partial charge on any atom is -0.489 e. The molecule has 23 heavy (non-hydrogen) atoms. The summed E-state index contributed by atoms with van der Waals surface area (Å²) in [4.78, 5) is 11.8. The van der Waals surface area contributed by atoms with Gasteiger partial charge in [0.1, 0.15) is 12.4 Å². The molecular formula is C18H21ClN2O2. The molecule has 0 unspecified atom stereocenters. The van der Waals surface area contributed by atoms with Crippen LogP contribution in [-0.4, -0.2) is 26.0 Å². The smallest absolute Gasteiger partial charge is 0.224 e. The van der Waals surface area contributed by atoms with Gasteiger partial charge in [-0.3, -0.25) is 4.79 Å². The SMILES string of the molecule is CNCCNC(=O)Cc1cccc(OCc2ccc(Cl)cc2)c1. The van der Waals surface area contributed by atoms with Crippen molar-refractivity contribution >= 4 is 17.5 Å². The van der Waals surface area contributed by atoms with Crippen molar-refractivity contribution in [2.45, 2.75) is 13.0 Å². The Balaban J connectivity index is 1.86. The molecular weight excluding hydrogens is 312 g/mol. The number of benzene rings is 2. The van der Waals surface area contributed by atoms with Gasteiger partial charge in [0.25, 0.3) is 0 Å². The minimum absolute atomic E-state index is 0.00935. The second kappa shape index (κ2) is 9.18. The Kier molecular flexibility index (Phi) is 6.91. The molecule has 4 nitrogen and oxygen atoms in total. The van der Waals surface area contributed by atoms with Crippen LogP contribution in [0.3, 0.4) is 0 Å². The second-order valence-electron chi connectivity index (χ2n) is 5.19. The highest BCUT2D eigenvalue weighted by Crippen LogP contribution is 2.16. The van der Waals surface area contributed by atoms with E-state index in [9.17, 15) is 4.79 Å². The Labute approximate surface area is 141 Å². The molecule has 0 aliphatic heterocycles. The summed E-state index contributed by atoms with van der Waals surface area (Å²) in [5.74, 6) is 0.760. The normalized spacial score (nSPS) is 10.3. The number of nitrogens with one attached hydrogen (secondary N) is 2. The van der Waals surface area contributed by atoms with Crippen LogP contribution >= 0.6 is 11.6 Å². The predicted octanol–water partition coefficient (Wildman–Crippen LogP) is 2.80. The lowest BCUT2D eigenvalue weighted by atomic mass is 10.1. The number of hydrogen-bond donors (Lipinski definition) is 2. The summed E-state index contributed by atoms with van der Waals surface area (Å²) in [6.07, 6.45) is 0.349. The average molecular weight is 333 g/mol. The summed E-state index contributed by atoms with van der Waals surface area (Å²) in [5, 5.41) is 6.56. The second-order valence-corrected chi connectivity index (χ2v) is 5.63. The van der Waals surface area contributed by atoms with E-state index in [0.717, 1.165) is 23.4 Å². The summed E-state index contributed by atoms with van der Waals surface area (Å²) in [6.45, 7) is 1.85. The molecule has 1 amide bonds. The van der Waals surface area contributed by atoms with Crippen molar-refractivity contribution in [3.05, 3.63) is 64.7 Å². The Bertz CT molecular complexity index is 629. The van der Waals surface area contributed by atoms with Crippen LogP contribution in [-0.2, 0) is 17.8 Å². The average Bonchev–Trinajstić information content (AvgIpc) is 2.55. The molecule has 0 saturated heterocycles. The van der Waals surface area contributed by atoms with E-state index in [4.69, 9.17) is 16.3 Å². The van der Waals surface area contributed by atoms with Gasteiger partial charge < -0.3 is 15.4 Å². The van der Waals surface area contributed by atoms with Crippen LogP contribution in [0, 0.1) is 0 Å². The molecule has 0 saturated carbocycles. The number of halogens is 1. The van der Waals surface area contributed by atoms with Crippen LogP contribution in [0.2, 0.25) is 5.02 Å². The van der Waals surface area contributed by atoms with E-state index in [1.807, 2.05) is 55.6 Å². The van der Waals surface area contributed by atoms with Crippen LogP contribution in [0.4, 0.5) is 0 Å². The van der Waals surface area contributed by atoms with Gasteiger partial charge in [0.15, 0.2) is 0 Å². The fourth-order valence-corrected chi connectivity index (χ4v) is 2.19. The topological polar surface area (TPSA) is 50.4 Å². The lowest BCUT2D eigenvalue weighted by molar-refractivity contribution is -0.120. The largest absolute Gasteiger partial charge is 0.489 e. The molecule has 0 aromatic heterocycles. The van der Waals surface area contributed by atoms with Crippen molar-refractivity contribution in [1.82, 2.24) is 10.6 Å². The van der Waals surface area contributed by atoms with Crippen LogP contribution in [0.15, 0.2) is 48.5 Å². The van der Waals surface area contributed by atoms with Crippen LogP contribution in [0.1, 0.15) is 11.1 Å². The van der Waals surface area contributed by atoms with Gasteiger partial charge in [-0.2, -0.15) is 0 Å². The molecule has 0 atom stereocenters. The van der Waals surface area contributed by atoms with Gasteiger partial charge in [-0.15, -0.1) is 0 Å². The first kappa shape index (κ1) is 17.3. The number of amides is 1. The van der Waals surface area contributed by atoms with Gasteiger partial charge >= 0.3 is 0 Å². The number of likely N-dealkylation sites (N-methyl/N-ethyl adjacent to an activating group) is 1. The Morgan fingerprint density at radius 1 is 1.09 bits per heavy atom. The fraction of sp³-hybridized carbons (Fsp3) is 0.278. The van der Waals surface area contributed by atoms with E-state index in [-0.39, 0.29) is 5.91 Å². The molecule has 2 aromatic rings. The van der Waals surface area contributed by atoms with Crippen molar-refractivity contribution in [1.29, 1.82) is 0 Å². The molecule has 0 aliphatic rings. The highest BCUT2D eigenvalue weighted by Gasteiger charge is 2.04. The number of carbonyl (C=O) groups is 1. The maximum atomic E-state index is 11.8. The quantitative estimate of drug-likeness (QED) is 0.731. The van der Waals surface area contributed by atoms with Gasteiger partial charge in [0.05, 0.1) is 6.42 Å². The van der Waals surface area contributed by atoms with Crippen molar-refractivity contribution in [3.63, 3.8) is 0 Å². The van der Waals surface area contributed by atoms with E-state index >= 15 is 0 Å². The minimum atomic E-state index is 0.00935. The van der Waals surface area contributed by atoms with Gasteiger partial charge in [0, 0.05) is 18.1 Å². The van der Waals surface area contributed by atoms with E-state index in [2.05, 4.69) is 10.6 Å². The van der Waals surface area contributed by atoms with Crippen LogP contribution in [0.5, 0.6) is 5.75 Å². The highest BCUT2D eigenvalue weighted by molar-refractivity contribution is 6.30. The zero-order valence-electron chi connectivity index (χ0n) is 13.1. The molecule has 2 rings (SSSR count). The first-order valence-corrected chi connectivity index (χ1v) is 7.92. The molecule has 0 radical (unpaired) electrons. The monoisotopic (exact) mass is 332 g/mol. The first-order valence-electron chi connectivity index (χ1n) is 7.55. The van der Waals surface area contributed by atoms with Crippen LogP contribution < -0.4 is 15.4 Å². The van der Waals surface area contributed by atoms with Gasteiger partial charge in [-0.25, -0.2) is 0 Å². The molecule has 0 aliphatic carbocycles. The highest BCUT2D eigenvalue weighted by atomic mass is 35.5. The molecule has 5 heteroatoms. The van der Waals surface area contributed by atoms with E-state index in [1.54, 1.807) is 0 Å². The lowest BCUT2D eigenvalue weighted by Gasteiger charge is -2.09. The van der Waals surface area contributed by atoms with Gasteiger partial charge in [-0.1, -0.05) is 35.9 Å². The third kappa shape index (κ3) is 6.30. The van der Waals surface area contributed by atoms with Crippen molar-refractivity contribution in [3.8, 4) is 5.75 Å². The van der Waals surface area contributed by atoms with E-state index < -0.39 is 0 Å². The summed E-state index contributed by atoms with van der Waals surface area (Å²) in [5.41, 5.74) is 1.98. The molecule has 0 spiro atoms. The maximum absolute atomic E-state index is 11.8. The lowest BCUT2D eigenvalue weighted by Crippen LogP contribution is -2.31. The van der Waals surface area contributed by atoms with Crippen LogP contribution in [0.25, 0.3) is 0 Å². The molecule has 0 fully saturated rings. The number of rotatable bonds is 8.